The third kappa shape index (κ3) is 5.07. The van der Waals surface area contributed by atoms with Gasteiger partial charge in [0.1, 0.15) is 16.7 Å². The monoisotopic (exact) mass is 430 g/mol. The Hall–Kier alpha value is -1.41. The fraction of sp³-hybridized carbons (Fsp3) is 0.556. The minimum Gasteiger partial charge on any atom is -0.205 e. The third-order valence-electron chi connectivity index (χ3n) is 7.86. The number of halogens is 3. The van der Waals surface area contributed by atoms with Crippen LogP contribution in [0.15, 0.2) is 42.5 Å². The fourth-order valence-electron chi connectivity index (χ4n) is 6.05. The summed E-state index contributed by atoms with van der Waals surface area (Å²) in [5, 5.41) is -0.384. The van der Waals surface area contributed by atoms with Crippen molar-refractivity contribution in [2.24, 2.45) is 17.8 Å². The van der Waals surface area contributed by atoms with Gasteiger partial charge < -0.3 is 0 Å². The number of rotatable bonds is 5. The molecule has 2 saturated carbocycles. The number of hydrogen-bond acceptors (Lipinski definition) is 0. The van der Waals surface area contributed by atoms with Gasteiger partial charge in [0.15, 0.2) is 0 Å². The molecule has 2 aliphatic carbocycles. The lowest BCUT2D eigenvalue weighted by Gasteiger charge is -2.38. The second-order valence-electron chi connectivity index (χ2n) is 9.74. The topological polar surface area (TPSA) is 0 Å². The van der Waals surface area contributed by atoms with Gasteiger partial charge in [0.2, 0.25) is 0 Å². The van der Waals surface area contributed by atoms with Crippen LogP contribution in [0.2, 0.25) is 5.02 Å². The molecule has 3 heteroatoms. The lowest BCUT2D eigenvalue weighted by Crippen LogP contribution is -2.26. The molecule has 162 valence electrons. The van der Waals surface area contributed by atoms with Gasteiger partial charge in [-0.05, 0) is 97.8 Å². The molecule has 0 amide bonds. The Morgan fingerprint density at radius 2 is 1.37 bits per heavy atom. The predicted molar refractivity (Wildman–Crippen MR) is 121 cm³/mol. The van der Waals surface area contributed by atoms with Gasteiger partial charge in [-0.2, -0.15) is 0 Å². The van der Waals surface area contributed by atoms with Gasteiger partial charge in [0.05, 0.1) is 0 Å². The molecule has 0 saturated heterocycles. The Bertz CT molecular complexity index is 795. The highest BCUT2D eigenvalue weighted by Crippen LogP contribution is 2.45. The van der Waals surface area contributed by atoms with Crippen LogP contribution in [0, 0.1) is 29.4 Å². The fourth-order valence-corrected chi connectivity index (χ4v) is 6.16. The standard InChI is InChI=1S/C27H33ClF2/c1-18(20-5-3-2-4-6-20)15-19-7-9-21(10-8-19)22-11-13-23(14-12-22)24-16-25(29)27(28)26(30)17-24/h2-6,16-19,21-23H,7-15H2,1H3/t18-,19?,21?,22?,23?/m0/s1. The molecule has 0 spiro atoms. The molecule has 1 atom stereocenters. The highest BCUT2D eigenvalue weighted by atomic mass is 35.5. The van der Waals surface area contributed by atoms with Gasteiger partial charge in [-0.3, -0.25) is 0 Å². The SMILES string of the molecule is C[C@@H](CC1CCC(C2CCC(c3cc(F)c(Cl)c(F)c3)CC2)CC1)c1ccccc1. The molecule has 0 radical (unpaired) electrons. The highest BCUT2D eigenvalue weighted by molar-refractivity contribution is 6.30. The van der Waals surface area contributed by atoms with Crippen LogP contribution in [0.25, 0.3) is 0 Å². The van der Waals surface area contributed by atoms with Crippen LogP contribution >= 0.6 is 11.6 Å². The van der Waals surface area contributed by atoms with Crippen molar-refractivity contribution in [3.8, 4) is 0 Å². The van der Waals surface area contributed by atoms with Gasteiger partial charge in [-0.15, -0.1) is 0 Å². The Morgan fingerprint density at radius 3 is 1.93 bits per heavy atom. The van der Waals surface area contributed by atoms with Crippen molar-refractivity contribution in [1.82, 2.24) is 0 Å². The van der Waals surface area contributed by atoms with Gasteiger partial charge in [-0.25, -0.2) is 8.78 Å². The van der Waals surface area contributed by atoms with E-state index in [0.29, 0.717) is 5.92 Å². The van der Waals surface area contributed by atoms with Gasteiger partial charge >= 0.3 is 0 Å². The lowest BCUT2D eigenvalue weighted by molar-refractivity contribution is 0.154. The Kier molecular flexibility index (Phi) is 7.13. The first-order valence-corrected chi connectivity index (χ1v) is 12.1. The summed E-state index contributed by atoms with van der Waals surface area (Å²) in [7, 11) is 0. The zero-order valence-electron chi connectivity index (χ0n) is 17.9. The molecule has 0 nitrogen and oxygen atoms in total. The summed E-state index contributed by atoms with van der Waals surface area (Å²) in [6, 6.07) is 13.8. The van der Waals surface area contributed by atoms with Crippen LogP contribution in [0.4, 0.5) is 8.78 Å². The zero-order chi connectivity index (χ0) is 21.1. The van der Waals surface area contributed by atoms with Crippen molar-refractivity contribution in [1.29, 1.82) is 0 Å². The van der Waals surface area contributed by atoms with E-state index >= 15 is 0 Å². The van der Waals surface area contributed by atoms with E-state index in [2.05, 4.69) is 37.3 Å². The molecule has 4 rings (SSSR count). The number of hydrogen-bond donors (Lipinski definition) is 0. The smallest absolute Gasteiger partial charge is 0.145 e. The second-order valence-corrected chi connectivity index (χ2v) is 10.1. The van der Waals surface area contributed by atoms with E-state index in [-0.39, 0.29) is 10.9 Å². The molecule has 0 heterocycles. The van der Waals surface area contributed by atoms with Crippen molar-refractivity contribution in [2.45, 2.75) is 76.5 Å². The maximum atomic E-state index is 13.8. The molecule has 2 aromatic carbocycles. The van der Waals surface area contributed by atoms with Crippen molar-refractivity contribution < 1.29 is 8.78 Å². The molecule has 0 aliphatic heterocycles. The summed E-state index contributed by atoms with van der Waals surface area (Å²) in [4.78, 5) is 0. The van der Waals surface area contributed by atoms with E-state index in [1.807, 2.05) is 0 Å². The average Bonchev–Trinajstić information content (AvgIpc) is 2.78. The van der Waals surface area contributed by atoms with Crippen molar-refractivity contribution in [2.75, 3.05) is 0 Å². The zero-order valence-corrected chi connectivity index (χ0v) is 18.7. The van der Waals surface area contributed by atoms with Crippen molar-refractivity contribution in [3.05, 3.63) is 70.2 Å². The Balaban J connectivity index is 1.25. The normalized spacial score (nSPS) is 28.3. The molecular weight excluding hydrogens is 398 g/mol. The van der Waals surface area contributed by atoms with E-state index in [9.17, 15) is 8.78 Å². The summed E-state index contributed by atoms with van der Waals surface area (Å²) >= 11 is 5.64. The predicted octanol–water partition coefficient (Wildman–Crippen LogP) is 8.89. The van der Waals surface area contributed by atoms with Gasteiger partial charge in [0.25, 0.3) is 0 Å². The second kappa shape index (κ2) is 9.81. The van der Waals surface area contributed by atoms with Crippen LogP contribution in [0.1, 0.15) is 87.7 Å². The maximum absolute atomic E-state index is 13.8. The summed E-state index contributed by atoms with van der Waals surface area (Å²) in [5.74, 6) is 2.14. The van der Waals surface area contributed by atoms with Crippen molar-refractivity contribution in [3.63, 3.8) is 0 Å². The quantitative estimate of drug-likeness (QED) is 0.415. The molecule has 2 aromatic rings. The first-order valence-electron chi connectivity index (χ1n) is 11.7. The van der Waals surface area contributed by atoms with Crippen LogP contribution < -0.4 is 0 Å². The molecule has 0 aromatic heterocycles. The van der Waals surface area contributed by atoms with E-state index < -0.39 is 11.6 Å². The minimum atomic E-state index is -0.628. The van der Waals surface area contributed by atoms with E-state index in [4.69, 9.17) is 11.6 Å². The van der Waals surface area contributed by atoms with E-state index in [1.54, 1.807) is 0 Å². The Morgan fingerprint density at radius 1 is 0.833 bits per heavy atom. The summed E-state index contributed by atoms with van der Waals surface area (Å²) in [6.45, 7) is 2.37. The molecular formula is C27H33ClF2. The lowest BCUT2D eigenvalue weighted by atomic mass is 9.67. The van der Waals surface area contributed by atoms with Gasteiger partial charge in [0, 0.05) is 0 Å². The molecule has 2 fully saturated rings. The minimum absolute atomic E-state index is 0.269. The molecule has 0 bridgehead atoms. The number of benzene rings is 2. The van der Waals surface area contributed by atoms with Crippen LogP contribution in [0.5, 0.6) is 0 Å². The molecule has 0 unspecified atom stereocenters. The molecule has 2 aliphatic rings. The van der Waals surface area contributed by atoms with Crippen LogP contribution in [-0.2, 0) is 0 Å². The Labute approximate surface area is 185 Å². The van der Waals surface area contributed by atoms with E-state index in [1.165, 1.54) is 62.6 Å². The largest absolute Gasteiger partial charge is 0.205 e. The van der Waals surface area contributed by atoms with E-state index in [0.717, 1.165) is 36.2 Å². The molecule has 0 N–H and O–H groups in total. The van der Waals surface area contributed by atoms with Crippen LogP contribution in [0.3, 0.4) is 0 Å². The summed E-state index contributed by atoms with van der Waals surface area (Å²) < 4.78 is 27.7. The highest BCUT2D eigenvalue weighted by Gasteiger charge is 2.32. The van der Waals surface area contributed by atoms with Crippen LogP contribution in [-0.4, -0.2) is 0 Å². The average molecular weight is 431 g/mol. The maximum Gasteiger partial charge on any atom is 0.145 e. The summed E-state index contributed by atoms with van der Waals surface area (Å²) in [6.07, 6.45) is 11.2. The van der Waals surface area contributed by atoms with Gasteiger partial charge in [-0.1, -0.05) is 61.7 Å². The first-order chi connectivity index (χ1) is 14.5. The van der Waals surface area contributed by atoms with Crippen molar-refractivity contribution >= 4 is 11.6 Å². The third-order valence-corrected chi connectivity index (χ3v) is 8.22. The molecule has 30 heavy (non-hydrogen) atoms. The first kappa shape index (κ1) is 21.8. The summed E-state index contributed by atoms with van der Waals surface area (Å²) in [5.41, 5.74) is 2.25.